The zero-order valence-electron chi connectivity index (χ0n) is 17.4. The van der Waals surface area contributed by atoms with Crippen LogP contribution in [0.4, 0.5) is 5.82 Å². The van der Waals surface area contributed by atoms with Crippen molar-refractivity contribution in [2.45, 2.75) is 69.0 Å². The number of rotatable bonds is 4. The topological polar surface area (TPSA) is 90.5 Å². The molecular weight excluding hydrogens is 378 g/mol. The van der Waals surface area contributed by atoms with Gasteiger partial charge in [0.2, 0.25) is 0 Å². The molecule has 30 heavy (non-hydrogen) atoms. The van der Waals surface area contributed by atoms with Gasteiger partial charge in [-0.25, -0.2) is 9.97 Å². The van der Waals surface area contributed by atoms with Gasteiger partial charge in [0.05, 0.1) is 37.1 Å². The van der Waals surface area contributed by atoms with Crippen LogP contribution in [0.3, 0.4) is 0 Å². The number of hydrogen-bond acceptors (Lipinski definition) is 6. The molecular formula is C24H29N3O3. The molecule has 3 N–H and O–H groups in total. The van der Waals surface area contributed by atoms with Crippen molar-refractivity contribution in [2.75, 3.05) is 12.8 Å². The number of aliphatic hydroxyl groups excluding tert-OH is 1. The van der Waals surface area contributed by atoms with Crippen molar-refractivity contribution >= 4 is 5.82 Å². The van der Waals surface area contributed by atoms with E-state index in [2.05, 4.69) is 33.9 Å². The zero-order chi connectivity index (χ0) is 21.0. The van der Waals surface area contributed by atoms with Crippen LogP contribution < -0.4 is 15.2 Å². The van der Waals surface area contributed by atoms with E-state index in [9.17, 15) is 5.11 Å². The molecule has 1 aromatic carbocycles. The summed E-state index contributed by atoms with van der Waals surface area (Å²) in [6.45, 7) is 0. The molecule has 0 atom stereocenters. The van der Waals surface area contributed by atoms with E-state index in [0.29, 0.717) is 24.4 Å². The Morgan fingerprint density at radius 1 is 1.07 bits per heavy atom. The molecule has 158 valence electrons. The van der Waals surface area contributed by atoms with Gasteiger partial charge in [-0.05, 0) is 75.0 Å². The van der Waals surface area contributed by atoms with E-state index in [0.717, 1.165) is 42.7 Å². The largest absolute Gasteiger partial charge is 0.493 e. The molecule has 0 amide bonds. The standard InChI is InChI=1S/C24H29N3O3/c1-29-21-7-6-17(14-22(21)30-20-4-2-3-5-20)24(12-9-19(28)10-13-24)11-8-18-15-27-23(25)16-26-18/h6-7,14-16,19-20,28H,2-5,9-10,12-13H2,1H3,(H2,25,27). The number of benzene rings is 1. The maximum atomic E-state index is 10.1. The Hall–Kier alpha value is -2.78. The molecule has 6 heteroatoms. The fourth-order valence-corrected chi connectivity index (χ4v) is 4.42. The zero-order valence-corrected chi connectivity index (χ0v) is 17.4. The lowest BCUT2D eigenvalue weighted by molar-refractivity contribution is 0.110. The van der Waals surface area contributed by atoms with Crippen LogP contribution in [0.2, 0.25) is 0 Å². The molecule has 0 radical (unpaired) electrons. The number of nitrogens with two attached hydrogens (primary N) is 1. The summed E-state index contributed by atoms with van der Waals surface area (Å²) in [5.41, 5.74) is 6.95. The first-order valence-electron chi connectivity index (χ1n) is 10.7. The minimum atomic E-state index is -0.373. The van der Waals surface area contributed by atoms with E-state index >= 15 is 0 Å². The molecule has 2 aliphatic rings. The van der Waals surface area contributed by atoms with Gasteiger partial charge in [-0.3, -0.25) is 0 Å². The second-order valence-electron chi connectivity index (χ2n) is 8.28. The number of hydrogen-bond donors (Lipinski definition) is 2. The molecule has 0 aliphatic heterocycles. The molecule has 1 heterocycles. The number of methoxy groups -OCH3 is 1. The highest BCUT2D eigenvalue weighted by Crippen LogP contribution is 2.43. The average Bonchev–Trinajstić information content (AvgIpc) is 3.28. The van der Waals surface area contributed by atoms with Gasteiger partial charge in [-0.2, -0.15) is 0 Å². The summed E-state index contributed by atoms with van der Waals surface area (Å²) in [4.78, 5) is 8.34. The van der Waals surface area contributed by atoms with Crippen molar-refractivity contribution in [3.8, 4) is 23.3 Å². The van der Waals surface area contributed by atoms with Gasteiger partial charge in [0.15, 0.2) is 11.5 Å². The van der Waals surface area contributed by atoms with Crippen LogP contribution in [-0.2, 0) is 5.41 Å². The molecule has 2 fully saturated rings. The quantitative estimate of drug-likeness (QED) is 0.753. The first-order valence-corrected chi connectivity index (χ1v) is 10.7. The van der Waals surface area contributed by atoms with Gasteiger partial charge in [0, 0.05) is 0 Å². The van der Waals surface area contributed by atoms with Crippen LogP contribution in [0.1, 0.15) is 62.6 Å². The molecule has 1 aromatic heterocycles. The highest BCUT2D eigenvalue weighted by atomic mass is 16.5. The third-order valence-electron chi connectivity index (χ3n) is 6.22. The summed E-state index contributed by atoms with van der Waals surface area (Å²) in [6.07, 6.45) is 10.7. The predicted molar refractivity (Wildman–Crippen MR) is 115 cm³/mol. The number of aliphatic hydroxyl groups is 1. The first-order chi connectivity index (χ1) is 14.6. The lowest BCUT2D eigenvalue weighted by Crippen LogP contribution is -2.32. The Bertz CT molecular complexity index is 919. The highest BCUT2D eigenvalue weighted by molar-refractivity contribution is 5.49. The minimum absolute atomic E-state index is 0.245. The maximum absolute atomic E-state index is 10.1. The fraction of sp³-hybridized carbons (Fsp3) is 0.500. The molecule has 0 unspecified atom stereocenters. The Kier molecular flexibility index (Phi) is 6.10. The molecule has 0 bridgehead atoms. The molecule has 2 saturated carbocycles. The second-order valence-corrected chi connectivity index (χ2v) is 8.28. The van der Waals surface area contributed by atoms with Crippen molar-refractivity contribution in [3.05, 3.63) is 41.9 Å². The molecule has 4 rings (SSSR count). The van der Waals surface area contributed by atoms with Gasteiger partial charge in [-0.1, -0.05) is 12.0 Å². The number of aromatic nitrogens is 2. The molecule has 2 aliphatic carbocycles. The summed E-state index contributed by atoms with van der Waals surface area (Å²) in [5, 5.41) is 10.1. The van der Waals surface area contributed by atoms with Gasteiger partial charge in [0.1, 0.15) is 11.5 Å². The smallest absolute Gasteiger partial charge is 0.161 e. The maximum Gasteiger partial charge on any atom is 0.161 e. The van der Waals surface area contributed by atoms with Crippen LogP contribution >= 0.6 is 0 Å². The van der Waals surface area contributed by atoms with Crippen LogP contribution in [-0.4, -0.2) is 34.4 Å². The van der Waals surface area contributed by atoms with E-state index < -0.39 is 0 Å². The summed E-state index contributed by atoms with van der Waals surface area (Å²) < 4.78 is 11.9. The van der Waals surface area contributed by atoms with Crippen molar-refractivity contribution < 1.29 is 14.6 Å². The Morgan fingerprint density at radius 2 is 1.83 bits per heavy atom. The van der Waals surface area contributed by atoms with Crippen molar-refractivity contribution in [1.82, 2.24) is 9.97 Å². The minimum Gasteiger partial charge on any atom is -0.493 e. The first kappa shape index (κ1) is 20.5. The van der Waals surface area contributed by atoms with Crippen molar-refractivity contribution in [2.24, 2.45) is 0 Å². The van der Waals surface area contributed by atoms with Gasteiger partial charge >= 0.3 is 0 Å². The SMILES string of the molecule is COc1ccc(C2(C#Cc3cnc(N)cn3)CCC(O)CC2)cc1OC1CCCC1. The van der Waals surface area contributed by atoms with Gasteiger partial charge in [-0.15, -0.1) is 0 Å². The normalized spacial score (nSPS) is 24.1. The second kappa shape index (κ2) is 8.93. The third-order valence-corrected chi connectivity index (χ3v) is 6.22. The average molecular weight is 408 g/mol. The van der Waals surface area contributed by atoms with E-state index in [-0.39, 0.29) is 17.6 Å². The fourth-order valence-electron chi connectivity index (χ4n) is 4.42. The molecule has 0 spiro atoms. The summed E-state index contributed by atoms with van der Waals surface area (Å²) in [6, 6.07) is 6.12. The predicted octanol–water partition coefficient (Wildman–Crippen LogP) is 3.61. The van der Waals surface area contributed by atoms with Crippen molar-refractivity contribution in [3.63, 3.8) is 0 Å². The Balaban J connectivity index is 1.69. The number of nitrogens with zero attached hydrogens (tertiary/aromatic N) is 2. The summed E-state index contributed by atoms with van der Waals surface area (Å²) in [5.74, 6) is 8.55. The van der Waals surface area contributed by atoms with Crippen LogP contribution in [0.5, 0.6) is 11.5 Å². The molecule has 0 saturated heterocycles. The third kappa shape index (κ3) is 4.52. The summed E-state index contributed by atoms with van der Waals surface area (Å²) in [7, 11) is 1.67. The van der Waals surface area contributed by atoms with E-state index in [1.165, 1.54) is 19.0 Å². The van der Waals surface area contributed by atoms with E-state index in [4.69, 9.17) is 15.2 Å². The highest BCUT2D eigenvalue weighted by Gasteiger charge is 2.36. The van der Waals surface area contributed by atoms with Crippen LogP contribution in [0.25, 0.3) is 0 Å². The van der Waals surface area contributed by atoms with Crippen molar-refractivity contribution in [1.29, 1.82) is 0 Å². The summed E-state index contributed by atoms with van der Waals surface area (Å²) >= 11 is 0. The number of nitrogen functional groups attached to an aromatic ring is 1. The molecule has 6 nitrogen and oxygen atoms in total. The van der Waals surface area contributed by atoms with Crippen LogP contribution in [0.15, 0.2) is 30.6 Å². The van der Waals surface area contributed by atoms with Gasteiger partial charge < -0.3 is 20.3 Å². The van der Waals surface area contributed by atoms with Gasteiger partial charge in [0.25, 0.3) is 0 Å². The van der Waals surface area contributed by atoms with E-state index in [1.54, 1.807) is 13.3 Å². The van der Waals surface area contributed by atoms with E-state index in [1.807, 2.05) is 6.07 Å². The lowest BCUT2D eigenvalue weighted by Gasteiger charge is -2.35. The number of ether oxygens (including phenoxy) is 2. The molecule has 2 aromatic rings. The lowest BCUT2D eigenvalue weighted by atomic mass is 9.69. The number of anilines is 1. The van der Waals surface area contributed by atoms with Crippen LogP contribution in [0, 0.1) is 11.8 Å². The monoisotopic (exact) mass is 407 g/mol. The Morgan fingerprint density at radius 3 is 2.50 bits per heavy atom. The Labute approximate surface area is 177 Å².